The van der Waals surface area contributed by atoms with E-state index >= 15 is 0 Å². The molecule has 17 nitrogen and oxygen atoms in total. The minimum Gasteiger partial charge on any atom is -0.462 e. The molecule has 0 saturated heterocycles. The minimum atomic E-state index is -4.97. The number of hydrogen-bond acceptors (Lipinski definition) is 15. The van der Waals surface area contributed by atoms with Crippen molar-refractivity contribution in [3.63, 3.8) is 0 Å². The summed E-state index contributed by atoms with van der Waals surface area (Å²) in [7, 11) is -9.93. The Morgan fingerprint density at radius 2 is 0.459 bits per heavy atom. The average molecular weight is 1620 g/mol. The second-order valence-electron chi connectivity index (χ2n) is 33.8. The molecule has 660 valence electrons. The Labute approximate surface area is 683 Å². The number of aliphatic hydroxyl groups is 1. The Morgan fingerprint density at radius 1 is 0.261 bits per heavy atom. The Kier molecular flexibility index (Phi) is 81.7. The van der Waals surface area contributed by atoms with Crippen LogP contribution in [-0.4, -0.2) is 96.7 Å². The van der Waals surface area contributed by atoms with E-state index in [0.717, 1.165) is 102 Å². The van der Waals surface area contributed by atoms with Gasteiger partial charge in [0.2, 0.25) is 0 Å². The molecule has 0 aliphatic carbocycles. The van der Waals surface area contributed by atoms with Crippen molar-refractivity contribution in [2.24, 2.45) is 11.8 Å². The first-order valence-corrected chi connectivity index (χ1v) is 50.5. The summed E-state index contributed by atoms with van der Waals surface area (Å²) in [5.41, 5.74) is 0. The number of carbonyl (C=O) groups excluding carboxylic acids is 4. The molecule has 111 heavy (non-hydrogen) atoms. The van der Waals surface area contributed by atoms with Crippen LogP contribution in [0.1, 0.15) is 497 Å². The van der Waals surface area contributed by atoms with E-state index in [9.17, 15) is 43.2 Å². The summed E-state index contributed by atoms with van der Waals surface area (Å²) in [6, 6.07) is 0. The molecule has 0 heterocycles. The molecule has 0 amide bonds. The predicted octanol–water partition coefficient (Wildman–Crippen LogP) is 28.6. The first-order chi connectivity index (χ1) is 53.9. The molecule has 6 atom stereocenters. The van der Waals surface area contributed by atoms with Crippen LogP contribution in [0.3, 0.4) is 0 Å². The van der Waals surface area contributed by atoms with Crippen LogP contribution in [0.15, 0.2) is 0 Å². The van der Waals surface area contributed by atoms with E-state index in [-0.39, 0.29) is 25.7 Å². The highest BCUT2D eigenvalue weighted by molar-refractivity contribution is 7.47. The molecule has 0 aromatic carbocycles. The SMILES string of the molecule is CCCCCCCCCCCCCCCCCCCCCCCC(=O)OC[C@H](COP(=O)(O)OC[C@@H](O)COP(=O)(O)OC[C@@H](COC(=O)CCCCCCCCCCC)OC(=O)CCCCCCCCCCCCCCCCCCC(C)C)OC(=O)CCCCCCCCCCCCCCCCCCCCC(C)CC. The first kappa shape index (κ1) is 109. The number of carbonyl (C=O) groups is 4. The van der Waals surface area contributed by atoms with Crippen LogP contribution in [0.5, 0.6) is 0 Å². The van der Waals surface area contributed by atoms with Gasteiger partial charge in [-0.25, -0.2) is 9.13 Å². The van der Waals surface area contributed by atoms with Crippen LogP contribution in [0, 0.1) is 11.8 Å². The van der Waals surface area contributed by atoms with Gasteiger partial charge in [0, 0.05) is 25.7 Å². The third kappa shape index (κ3) is 84.3. The molecule has 0 radical (unpaired) electrons. The number of phosphoric acid groups is 2. The largest absolute Gasteiger partial charge is 0.472 e. The standard InChI is InChI=1S/C92H180O17P2/c1-7-10-12-14-16-18-19-20-21-22-23-24-25-29-35-40-45-51-57-63-69-75-90(95)103-81-88(109-92(97)77-70-64-58-52-46-41-36-30-27-26-28-34-39-44-50-55-61-67-73-85(6)9-3)83-107-111(100,101)105-79-86(93)78-104-110(98,99)106-82-87(80-102-89(94)74-68-62-56-48-17-15-13-11-8-2)108-91(96)76-71-65-59-53-47-42-37-32-31-33-38-43-49-54-60-66-72-84(4)5/h84-88,93H,7-83H2,1-6H3,(H,98,99)(H,100,101)/t85?,86-,87+,88+/m0/s1. The van der Waals surface area contributed by atoms with Crippen LogP contribution in [-0.2, 0) is 65.4 Å². The molecule has 0 rings (SSSR count). The number of hydrogen-bond donors (Lipinski definition) is 3. The van der Waals surface area contributed by atoms with E-state index in [1.54, 1.807) is 0 Å². The van der Waals surface area contributed by atoms with Crippen LogP contribution < -0.4 is 0 Å². The molecule has 0 spiro atoms. The smallest absolute Gasteiger partial charge is 0.462 e. The van der Waals surface area contributed by atoms with Gasteiger partial charge in [0.05, 0.1) is 26.4 Å². The molecule has 0 fully saturated rings. The summed E-state index contributed by atoms with van der Waals surface area (Å²) in [6.07, 6.45) is 77.9. The second-order valence-corrected chi connectivity index (χ2v) is 36.7. The number of esters is 4. The van der Waals surface area contributed by atoms with Gasteiger partial charge in [-0.15, -0.1) is 0 Å². The van der Waals surface area contributed by atoms with Gasteiger partial charge in [0.25, 0.3) is 0 Å². The van der Waals surface area contributed by atoms with Gasteiger partial charge in [-0.05, 0) is 37.5 Å². The zero-order chi connectivity index (χ0) is 81.3. The average Bonchev–Trinajstić information content (AvgIpc) is 0.896. The molecule has 0 saturated carbocycles. The molecular weight excluding hydrogens is 1440 g/mol. The van der Waals surface area contributed by atoms with E-state index in [4.69, 9.17) is 37.0 Å². The van der Waals surface area contributed by atoms with Crippen molar-refractivity contribution in [1.29, 1.82) is 0 Å². The number of unbranched alkanes of at least 4 members (excludes halogenated alkanes) is 60. The van der Waals surface area contributed by atoms with Crippen molar-refractivity contribution in [2.45, 2.75) is 516 Å². The molecule has 0 aliphatic rings. The van der Waals surface area contributed by atoms with E-state index < -0.39 is 97.5 Å². The van der Waals surface area contributed by atoms with Crippen molar-refractivity contribution < 1.29 is 80.2 Å². The fraction of sp³-hybridized carbons (Fsp3) is 0.957. The molecule has 0 aliphatic heterocycles. The van der Waals surface area contributed by atoms with Crippen LogP contribution >= 0.6 is 15.6 Å². The summed E-state index contributed by atoms with van der Waals surface area (Å²) in [5, 5.41) is 10.7. The van der Waals surface area contributed by atoms with Crippen molar-refractivity contribution in [1.82, 2.24) is 0 Å². The molecule has 0 aromatic rings. The highest BCUT2D eigenvalue weighted by atomic mass is 31.2. The van der Waals surface area contributed by atoms with Gasteiger partial charge in [0.15, 0.2) is 12.2 Å². The second kappa shape index (κ2) is 83.1. The quantitative estimate of drug-likeness (QED) is 0.0222. The van der Waals surface area contributed by atoms with Gasteiger partial charge in [-0.2, -0.15) is 0 Å². The lowest BCUT2D eigenvalue weighted by Crippen LogP contribution is -2.30. The Hall–Kier alpha value is -1.94. The molecule has 0 aromatic heterocycles. The lowest BCUT2D eigenvalue weighted by atomic mass is 9.99. The first-order valence-electron chi connectivity index (χ1n) is 47.5. The highest BCUT2D eigenvalue weighted by Crippen LogP contribution is 2.45. The number of phosphoric ester groups is 2. The molecule has 0 bridgehead atoms. The fourth-order valence-corrected chi connectivity index (χ4v) is 16.0. The number of rotatable bonds is 91. The Bertz CT molecular complexity index is 2120. The van der Waals surface area contributed by atoms with Gasteiger partial charge in [0.1, 0.15) is 19.3 Å². The van der Waals surface area contributed by atoms with E-state index in [0.29, 0.717) is 25.7 Å². The van der Waals surface area contributed by atoms with Crippen LogP contribution in [0.2, 0.25) is 0 Å². The summed E-state index contributed by atoms with van der Waals surface area (Å²) >= 11 is 0. The number of ether oxygens (including phenoxy) is 4. The summed E-state index contributed by atoms with van der Waals surface area (Å²) in [5.74, 6) is -0.416. The summed E-state index contributed by atoms with van der Waals surface area (Å²) in [6.45, 7) is 9.79. The minimum absolute atomic E-state index is 0.108. The maximum atomic E-state index is 13.2. The summed E-state index contributed by atoms with van der Waals surface area (Å²) in [4.78, 5) is 73.4. The van der Waals surface area contributed by atoms with Crippen LogP contribution in [0.25, 0.3) is 0 Å². The van der Waals surface area contributed by atoms with Crippen molar-refractivity contribution >= 4 is 39.5 Å². The van der Waals surface area contributed by atoms with E-state index in [2.05, 4.69) is 41.5 Å². The Balaban J connectivity index is 5.19. The topological polar surface area (TPSA) is 237 Å². The lowest BCUT2D eigenvalue weighted by molar-refractivity contribution is -0.161. The van der Waals surface area contributed by atoms with Gasteiger partial charge < -0.3 is 33.8 Å². The maximum absolute atomic E-state index is 13.2. The van der Waals surface area contributed by atoms with Crippen molar-refractivity contribution in [3.05, 3.63) is 0 Å². The van der Waals surface area contributed by atoms with E-state index in [1.807, 2.05) is 0 Å². The highest BCUT2D eigenvalue weighted by Gasteiger charge is 2.31. The van der Waals surface area contributed by atoms with Gasteiger partial charge >= 0.3 is 39.5 Å². The number of aliphatic hydroxyl groups excluding tert-OH is 1. The maximum Gasteiger partial charge on any atom is 0.472 e. The zero-order valence-electron chi connectivity index (χ0n) is 73.3. The lowest BCUT2D eigenvalue weighted by Gasteiger charge is -2.21. The van der Waals surface area contributed by atoms with E-state index in [1.165, 1.54) is 315 Å². The van der Waals surface area contributed by atoms with Gasteiger partial charge in [-0.1, -0.05) is 446 Å². The van der Waals surface area contributed by atoms with Crippen molar-refractivity contribution in [2.75, 3.05) is 39.6 Å². The van der Waals surface area contributed by atoms with Gasteiger partial charge in [-0.3, -0.25) is 37.3 Å². The zero-order valence-corrected chi connectivity index (χ0v) is 75.1. The molecule has 19 heteroatoms. The predicted molar refractivity (Wildman–Crippen MR) is 460 cm³/mol. The van der Waals surface area contributed by atoms with Crippen LogP contribution in [0.4, 0.5) is 0 Å². The molecular formula is C92H180O17P2. The summed E-state index contributed by atoms with van der Waals surface area (Å²) < 4.78 is 69.0. The third-order valence-electron chi connectivity index (χ3n) is 22.1. The normalized spacial score (nSPS) is 14.0. The molecule has 3 unspecified atom stereocenters. The fourth-order valence-electron chi connectivity index (χ4n) is 14.4. The molecule has 3 N–H and O–H groups in total. The van der Waals surface area contributed by atoms with Crippen molar-refractivity contribution in [3.8, 4) is 0 Å². The monoisotopic (exact) mass is 1620 g/mol. The third-order valence-corrected chi connectivity index (χ3v) is 24.0. The Morgan fingerprint density at radius 3 is 0.685 bits per heavy atom.